The second-order valence-corrected chi connectivity index (χ2v) is 5.27. The van der Waals surface area contributed by atoms with Crippen LogP contribution in [0.2, 0.25) is 0 Å². The number of aliphatic imine (C=N–C) groups is 1. The number of nitro groups is 1. The summed E-state index contributed by atoms with van der Waals surface area (Å²) in [6, 6.07) is 10.2. The summed E-state index contributed by atoms with van der Waals surface area (Å²) in [7, 11) is 0. The van der Waals surface area contributed by atoms with Crippen LogP contribution in [-0.4, -0.2) is 35.0 Å². The minimum Gasteiger partial charge on any atom is -0.872 e. The number of hydrogen-bond donors (Lipinski definition) is 0. The van der Waals surface area contributed by atoms with Crippen LogP contribution in [0.1, 0.15) is 29.8 Å². The molecule has 0 fully saturated rings. The average Bonchev–Trinajstić information content (AvgIpc) is 2.62. The van der Waals surface area contributed by atoms with Gasteiger partial charge >= 0.3 is 0 Å². The van der Waals surface area contributed by atoms with E-state index in [2.05, 4.69) is 4.99 Å². The van der Waals surface area contributed by atoms with Gasteiger partial charge in [0.2, 0.25) is 0 Å². The molecule has 0 aromatic heterocycles. The zero-order chi connectivity index (χ0) is 18.4. The molecule has 0 aliphatic rings. The third-order valence-corrected chi connectivity index (χ3v) is 3.70. The highest BCUT2D eigenvalue weighted by Crippen LogP contribution is 2.21. The lowest BCUT2D eigenvalue weighted by atomic mass is 10.1. The van der Waals surface area contributed by atoms with Gasteiger partial charge in [0.1, 0.15) is 0 Å². The quantitative estimate of drug-likeness (QED) is 0.458. The maximum atomic E-state index is 12.4. The Bertz CT molecular complexity index is 814. The van der Waals surface area contributed by atoms with Gasteiger partial charge in [0, 0.05) is 37.0 Å². The van der Waals surface area contributed by atoms with E-state index in [-0.39, 0.29) is 22.9 Å². The Morgan fingerprint density at radius 1 is 1.20 bits per heavy atom. The van der Waals surface area contributed by atoms with Gasteiger partial charge in [-0.3, -0.25) is 19.9 Å². The Morgan fingerprint density at radius 3 is 2.56 bits per heavy atom. The molecule has 2 rings (SSSR count). The number of benzene rings is 2. The van der Waals surface area contributed by atoms with Crippen LogP contribution in [0, 0.1) is 10.1 Å². The highest BCUT2D eigenvalue weighted by Gasteiger charge is 2.12. The molecule has 0 N–H and O–H groups in total. The molecule has 0 radical (unpaired) electrons. The van der Waals surface area contributed by atoms with E-state index in [1.807, 2.05) is 13.8 Å². The van der Waals surface area contributed by atoms with E-state index >= 15 is 0 Å². The minimum atomic E-state index is -0.569. The molecule has 2 aromatic rings. The Labute approximate surface area is 145 Å². The van der Waals surface area contributed by atoms with E-state index < -0.39 is 4.92 Å². The van der Waals surface area contributed by atoms with Gasteiger partial charge < -0.3 is 10.0 Å². The van der Waals surface area contributed by atoms with Crippen molar-refractivity contribution in [1.29, 1.82) is 0 Å². The normalized spacial score (nSPS) is 10.8. The fraction of sp³-hybridized carbons (Fsp3) is 0.222. The van der Waals surface area contributed by atoms with Crippen LogP contribution < -0.4 is 5.11 Å². The Balaban J connectivity index is 2.28. The van der Waals surface area contributed by atoms with Gasteiger partial charge in [-0.05, 0) is 37.6 Å². The summed E-state index contributed by atoms with van der Waals surface area (Å²) < 4.78 is 0. The summed E-state index contributed by atoms with van der Waals surface area (Å²) in [6.07, 6.45) is 1.27. The van der Waals surface area contributed by atoms with Crippen molar-refractivity contribution in [3.63, 3.8) is 0 Å². The van der Waals surface area contributed by atoms with E-state index in [9.17, 15) is 20.0 Å². The molecule has 2 aromatic carbocycles. The summed E-state index contributed by atoms with van der Waals surface area (Å²) in [4.78, 5) is 28.4. The molecule has 0 saturated heterocycles. The van der Waals surface area contributed by atoms with Gasteiger partial charge in [-0.2, -0.15) is 0 Å². The number of hydrogen-bond acceptors (Lipinski definition) is 5. The number of rotatable bonds is 6. The lowest BCUT2D eigenvalue weighted by Crippen LogP contribution is -2.30. The van der Waals surface area contributed by atoms with Gasteiger partial charge in [0.05, 0.1) is 10.6 Å². The van der Waals surface area contributed by atoms with Gasteiger partial charge in [-0.1, -0.05) is 17.9 Å². The predicted octanol–water partition coefficient (Wildman–Crippen LogP) is 2.90. The molecule has 130 valence electrons. The summed E-state index contributed by atoms with van der Waals surface area (Å²) in [6.45, 7) is 5.02. The molecule has 0 bridgehead atoms. The van der Waals surface area contributed by atoms with Crippen LogP contribution in [0.15, 0.2) is 47.5 Å². The SMILES string of the molecule is CCN(CC)C(=O)c1cccc(N=Cc2cc([N+](=O)[O-])ccc2[O-])c1. The summed E-state index contributed by atoms with van der Waals surface area (Å²) >= 11 is 0. The van der Waals surface area contributed by atoms with Gasteiger partial charge in [0.15, 0.2) is 0 Å². The van der Waals surface area contributed by atoms with E-state index in [0.29, 0.717) is 24.3 Å². The number of amides is 1. The Hall–Kier alpha value is -3.22. The van der Waals surface area contributed by atoms with Crippen molar-refractivity contribution in [2.24, 2.45) is 4.99 Å². The third-order valence-electron chi connectivity index (χ3n) is 3.70. The summed E-state index contributed by atoms with van der Waals surface area (Å²) in [5, 5.41) is 22.6. The number of carbonyl (C=O) groups excluding carboxylic acids is 1. The molecular weight excluding hydrogens is 322 g/mol. The van der Waals surface area contributed by atoms with Crippen LogP contribution in [0.4, 0.5) is 11.4 Å². The number of carbonyl (C=O) groups is 1. The second kappa shape index (κ2) is 8.05. The lowest BCUT2D eigenvalue weighted by molar-refractivity contribution is -0.385. The first-order valence-corrected chi connectivity index (χ1v) is 7.85. The largest absolute Gasteiger partial charge is 0.872 e. The van der Waals surface area contributed by atoms with E-state index in [0.717, 1.165) is 12.1 Å². The molecule has 0 saturated carbocycles. The molecule has 7 nitrogen and oxygen atoms in total. The van der Waals surface area contributed by atoms with Gasteiger partial charge in [-0.25, -0.2) is 0 Å². The topological polar surface area (TPSA) is 98.9 Å². The van der Waals surface area contributed by atoms with Crippen molar-refractivity contribution in [3.8, 4) is 5.75 Å². The van der Waals surface area contributed by atoms with Crippen LogP contribution in [0.5, 0.6) is 5.75 Å². The van der Waals surface area contributed by atoms with E-state index in [1.54, 1.807) is 29.2 Å². The van der Waals surface area contributed by atoms with Crippen LogP contribution in [0.25, 0.3) is 0 Å². The average molecular weight is 340 g/mol. The monoisotopic (exact) mass is 340 g/mol. The van der Waals surface area contributed by atoms with Crippen molar-refractivity contribution >= 4 is 23.5 Å². The van der Waals surface area contributed by atoms with Crippen molar-refractivity contribution < 1.29 is 14.8 Å². The van der Waals surface area contributed by atoms with Crippen LogP contribution in [0.3, 0.4) is 0 Å². The van der Waals surface area contributed by atoms with E-state index in [1.165, 1.54) is 12.3 Å². The highest BCUT2D eigenvalue weighted by molar-refractivity contribution is 5.95. The molecule has 7 heteroatoms. The minimum absolute atomic E-state index is 0.0955. The first-order valence-electron chi connectivity index (χ1n) is 7.85. The van der Waals surface area contributed by atoms with Gasteiger partial charge in [0.25, 0.3) is 11.6 Å². The van der Waals surface area contributed by atoms with Crippen molar-refractivity contribution in [2.75, 3.05) is 13.1 Å². The number of non-ortho nitro benzene ring substituents is 1. The lowest BCUT2D eigenvalue weighted by Gasteiger charge is -2.18. The standard InChI is InChI=1S/C18H19N3O4/c1-3-20(4-2)18(23)13-6-5-7-15(10-13)19-12-14-11-16(21(24)25)8-9-17(14)22/h5-12,22H,3-4H2,1-2H3/p-1. The highest BCUT2D eigenvalue weighted by atomic mass is 16.6. The third kappa shape index (κ3) is 4.41. The number of nitrogens with zero attached hydrogens (tertiary/aromatic N) is 3. The first-order chi connectivity index (χ1) is 12.0. The maximum absolute atomic E-state index is 12.4. The summed E-state index contributed by atoms with van der Waals surface area (Å²) in [5.74, 6) is -0.452. The fourth-order valence-electron chi connectivity index (χ4n) is 2.31. The second-order valence-electron chi connectivity index (χ2n) is 5.27. The maximum Gasteiger partial charge on any atom is 0.270 e. The zero-order valence-corrected chi connectivity index (χ0v) is 14.0. The zero-order valence-electron chi connectivity index (χ0n) is 14.0. The molecular formula is C18H18N3O4-. The molecule has 25 heavy (non-hydrogen) atoms. The molecule has 1 amide bonds. The molecule has 0 spiro atoms. The van der Waals surface area contributed by atoms with Gasteiger partial charge in [-0.15, -0.1) is 0 Å². The molecule has 0 heterocycles. The predicted molar refractivity (Wildman–Crippen MR) is 93.5 cm³/mol. The fourth-order valence-corrected chi connectivity index (χ4v) is 2.31. The summed E-state index contributed by atoms with van der Waals surface area (Å²) in [5.41, 5.74) is 0.935. The number of nitro benzene ring substituents is 1. The molecule has 0 aliphatic carbocycles. The van der Waals surface area contributed by atoms with Crippen molar-refractivity contribution in [1.82, 2.24) is 4.90 Å². The van der Waals surface area contributed by atoms with Crippen molar-refractivity contribution in [3.05, 3.63) is 63.7 Å². The Morgan fingerprint density at radius 2 is 1.92 bits per heavy atom. The van der Waals surface area contributed by atoms with Crippen molar-refractivity contribution in [2.45, 2.75) is 13.8 Å². The molecule has 0 atom stereocenters. The smallest absolute Gasteiger partial charge is 0.270 e. The molecule has 0 unspecified atom stereocenters. The molecule has 0 aliphatic heterocycles. The van der Waals surface area contributed by atoms with Crippen LogP contribution in [-0.2, 0) is 0 Å². The van der Waals surface area contributed by atoms with E-state index in [4.69, 9.17) is 0 Å². The van der Waals surface area contributed by atoms with Crippen LogP contribution >= 0.6 is 0 Å². The first kappa shape index (κ1) is 18.1. The Kier molecular flexibility index (Phi) is 5.84.